The molecule has 4 aromatic rings. The van der Waals surface area contributed by atoms with Gasteiger partial charge in [0.1, 0.15) is 18.0 Å². The van der Waals surface area contributed by atoms with E-state index in [9.17, 15) is 14.4 Å². The Balaban J connectivity index is 1.56. The van der Waals surface area contributed by atoms with Crippen molar-refractivity contribution in [2.75, 3.05) is 19.5 Å². The molecule has 13 nitrogen and oxygen atoms in total. The van der Waals surface area contributed by atoms with Crippen molar-refractivity contribution in [2.45, 2.75) is 6.54 Å². The van der Waals surface area contributed by atoms with Crippen LogP contribution < -0.4 is 26.0 Å². The molecule has 0 aliphatic heterocycles. The number of benzene rings is 1. The molecule has 3 aromatic heterocycles. The second-order valence-electron chi connectivity index (χ2n) is 6.81. The molecule has 0 aliphatic rings. The highest BCUT2D eigenvalue weighted by Crippen LogP contribution is 2.29. The van der Waals surface area contributed by atoms with E-state index in [2.05, 4.69) is 20.5 Å². The molecule has 4 rings (SSSR count). The summed E-state index contributed by atoms with van der Waals surface area (Å²) in [5.74, 6) is 0.685. The summed E-state index contributed by atoms with van der Waals surface area (Å²) in [6.45, 7) is -0.255. The first-order valence-corrected chi connectivity index (χ1v) is 9.30. The number of nitrogens with one attached hydrogen (secondary N) is 1. The number of rotatable bonds is 6. The highest BCUT2D eigenvalue weighted by atomic mass is 16.5. The number of hydrogen-bond donors (Lipinski definition) is 1. The molecule has 0 aliphatic carbocycles. The van der Waals surface area contributed by atoms with Gasteiger partial charge in [-0.2, -0.15) is 0 Å². The van der Waals surface area contributed by atoms with E-state index in [1.165, 1.54) is 43.8 Å². The van der Waals surface area contributed by atoms with E-state index in [0.717, 1.165) is 4.57 Å². The van der Waals surface area contributed by atoms with Crippen LogP contribution in [-0.2, 0) is 25.4 Å². The van der Waals surface area contributed by atoms with E-state index in [-0.39, 0.29) is 29.6 Å². The molecule has 1 aromatic carbocycles. The number of aromatic nitrogens is 6. The SMILES string of the molecule is COc1cc(OC)cc(-c2nnc(NC(=O)Cn3cnc4c3c(=O)n(C)c(=O)n4C)o2)c1. The van der Waals surface area contributed by atoms with Gasteiger partial charge in [0.05, 0.1) is 20.5 Å². The summed E-state index contributed by atoms with van der Waals surface area (Å²) in [4.78, 5) is 41.1. The first-order valence-electron chi connectivity index (χ1n) is 9.30. The van der Waals surface area contributed by atoms with Gasteiger partial charge in [0.15, 0.2) is 11.2 Å². The fourth-order valence-corrected chi connectivity index (χ4v) is 3.15. The Labute approximate surface area is 179 Å². The van der Waals surface area contributed by atoms with Crippen LogP contribution in [0.5, 0.6) is 11.5 Å². The lowest BCUT2D eigenvalue weighted by atomic mass is 10.2. The molecule has 1 N–H and O–H groups in total. The van der Waals surface area contributed by atoms with E-state index in [4.69, 9.17) is 13.9 Å². The lowest BCUT2D eigenvalue weighted by Crippen LogP contribution is -2.37. The van der Waals surface area contributed by atoms with E-state index < -0.39 is 17.2 Å². The van der Waals surface area contributed by atoms with Gasteiger partial charge in [0, 0.05) is 25.7 Å². The topological polar surface area (TPSA) is 148 Å². The number of carbonyl (C=O) groups excluding carboxylic acids is 1. The number of hydrogen-bond acceptors (Lipinski definition) is 9. The van der Waals surface area contributed by atoms with Crippen LogP contribution in [0.25, 0.3) is 22.6 Å². The minimum atomic E-state index is -0.555. The predicted octanol–water partition coefficient (Wildman–Crippen LogP) is 0.140. The van der Waals surface area contributed by atoms with Gasteiger partial charge in [-0.05, 0) is 12.1 Å². The number of fused-ring (bicyclic) bond motifs is 1. The molecule has 1 amide bonds. The minimum absolute atomic E-state index is 0.124. The standard InChI is InChI=1S/C19H19N7O6/c1-24-15-14(17(28)25(2)19(24)29)26(9-20-15)8-13(27)21-18-23-22-16(32-18)10-5-11(30-3)7-12(6-10)31-4/h5-7,9H,8H2,1-4H3,(H,21,23,27). The predicted molar refractivity (Wildman–Crippen MR) is 112 cm³/mol. The molecule has 3 heterocycles. The van der Waals surface area contributed by atoms with Crippen molar-refractivity contribution < 1.29 is 18.7 Å². The van der Waals surface area contributed by atoms with Crippen LogP contribution in [0, 0.1) is 0 Å². The molecular weight excluding hydrogens is 422 g/mol. The zero-order valence-electron chi connectivity index (χ0n) is 17.6. The van der Waals surface area contributed by atoms with E-state index in [1.54, 1.807) is 18.2 Å². The van der Waals surface area contributed by atoms with Crippen LogP contribution in [-0.4, -0.2) is 49.0 Å². The van der Waals surface area contributed by atoms with Gasteiger partial charge in [0.25, 0.3) is 5.56 Å². The molecule has 0 atom stereocenters. The fourth-order valence-electron chi connectivity index (χ4n) is 3.15. The monoisotopic (exact) mass is 441 g/mol. The molecule has 0 saturated heterocycles. The van der Waals surface area contributed by atoms with Gasteiger partial charge >= 0.3 is 11.7 Å². The maximum absolute atomic E-state index is 12.5. The van der Waals surface area contributed by atoms with Crippen LogP contribution in [0.2, 0.25) is 0 Å². The Hall–Kier alpha value is -4.42. The van der Waals surface area contributed by atoms with E-state index in [0.29, 0.717) is 17.1 Å². The van der Waals surface area contributed by atoms with Crippen molar-refractivity contribution in [3.63, 3.8) is 0 Å². The Morgan fingerprint density at radius 1 is 1.06 bits per heavy atom. The first-order chi connectivity index (χ1) is 15.3. The number of aryl methyl sites for hydroxylation is 1. The molecule has 0 bridgehead atoms. The van der Waals surface area contributed by atoms with Gasteiger partial charge in [-0.1, -0.05) is 5.10 Å². The third-order valence-corrected chi connectivity index (χ3v) is 4.80. The largest absolute Gasteiger partial charge is 0.497 e. The second-order valence-corrected chi connectivity index (χ2v) is 6.81. The quantitative estimate of drug-likeness (QED) is 0.441. The maximum Gasteiger partial charge on any atom is 0.332 e. The molecule has 13 heteroatoms. The summed E-state index contributed by atoms with van der Waals surface area (Å²) >= 11 is 0. The number of nitrogens with zero attached hydrogens (tertiary/aromatic N) is 6. The molecular formula is C19H19N7O6. The van der Waals surface area contributed by atoms with Crippen molar-refractivity contribution in [1.29, 1.82) is 0 Å². The van der Waals surface area contributed by atoms with Gasteiger partial charge in [0.2, 0.25) is 11.8 Å². The highest BCUT2D eigenvalue weighted by molar-refractivity contribution is 5.89. The third kappa shape index (κ3) is 3.59. The molecule has 0 spiro atoms. The smallest absolute Gasteiger partial charge is 0.332 e. The molecule has 0 unspecified atom stereocenters. The van der Waals surface area contributed by atoms with Crippen molar-refractivity contribution in [3.8, 4) is 23.0 Å². The minimum Gasteiger partial charge on any atom is -0.497 e. The summed E-state index contributed by atoms with van der Waals surface area (Å²) in [5, 5.41) is 10.2. The summed E-state index contributed by atoms with van der Waals surface area (Å²) in [6, 6.07) is 4.92. The number of anilines is 1. The molecule has 32 heavy (non-hydrogen) atoms. The van der Waals surface area contributed by atoms with Gasteiger partial charge in [-0.25, -0.2) is 9.78 Å². The number of carbonyl (C=O) groups is 1. The lowest BCUT2D eigenvalue weighted by molar-refractivity contribution is -0.116. The molecule has 0 fully saturated rings. The van der Waals surface area contributed by atoms with E-state index in [1.807, 2.05) is 0 Å². The number of methoxy groups -OCH3 is 2. The highest BCUT2D eigenvalue weighted by Gasteiger charge is 2.18. The molecule has 0 radical (unpaired) electrons. The Morgan fingerprint density at radius 2 is 1.75 bits per heavy atom. The van der Waals surface area contributed by atoms with Crippen LogP contribution in [0.1, 0.15) is 0 Å². The summed E-state index contributed by atoms with van der Waals surface area (Å²) in [7, 11) is 5.89. The van der Waals surface area contributed by atoms with E-state index >= 15 is 0 Å². The number of imidazole rings is 1. The zero-order valence-corrected chi connectivity index (χ0v) is 17.6. The Bertz CT molecular complexity index is 1420. The van der Waals surface area contributed by atoms with Crippen molar-refractivity contribution in [2.24, 2.45) is 14.1 Å². The summed E-state index contributed by atoms with van der Waals surface area (Å²) < 4.78 is 19.5. The van der Waals surface area contributed by atoms with Crippen LogP contribution in [0.15, 0.2) is 38.5 Å². The number of ether oxygens (including phenoxy) is 2. The molecule has 166 valence electrons. The maximum atomic E-state index is 12.5. The van der Waals surface area contributed by atoms with Gasteiger partial charge in [-0.3, -0.25) is 24.0 Å². The molecule has 0 saturated carbocycles. The lowest BCUT2D eigenvalue weighted by Gasteiger charge is -2.06. The Morgan fingerprint density at radius 3 is 2.41 bits per heavy atom. The van der Waals surface area contributed by atoms with Crippen molar-refractivity contribution >= 4 is 23.1 Å². The van der Waals surface area contributed by atoms with Crippen LogP contribution in [0.3, 0.4) is 0 Å². The van der Waals surface area contributed by atoms with Crippen LogP contribution in [0.4, 0.5) is 6.01 Å². The van der Waals surface area contributed by atoms with Crippen molar-refractivity contribution in [1.82, 2.24) is 28.9 Å². The van der Waals surface area contributed by atoms with Crippen molar-refractivity contribution in [3.05, 3.63) is 45.4 Å². The zero-order chi connectivity index (χ0) is 23.0. The number of amides is 1. The first kappa shape index (κ1) is 20.8. The summed E-state index contributed by atoms with van der Waals surface area (Å²) in [6.07, 6.45) is 1.31. The average molecular weight is 441 g/mol. The average Bonchev–Trinajstić information content (AvgIpc) is 3.43. The second kappa shape index (κ2) is 8.02. The third-order valence-electron chi connectivity index (χ3n) is 4.80. The summed E-state index contributed by atoms with van der Waals surface area (Å²) in [5.41, 5.74) is -0.221. The fraction of sp³-hybridized carbons (Fsp3) is 0.263. The van der Waals surface area contributed by atoms with Gasteiger partial charge < -0.3 is 18.5 Å². The van der Waals surface area contributed by atoms with Gasteiger partial charge in [-0.15, -0.1) is 5.10 Å². The normalized spacial score (nSPS) is 11.0. The van der Waals surface area contributed by atoms with Crippen LogP contribution >= 0.6 is 0 Å². The Kier molecular flexibility index (Phi) is 5.22.